The van der Waals surface area contributed by atoms with Gasteiger partial charge in [0.1, 0.15) is 11.5 Å². The van der Waals surface area contributed by atoms with Crippen molar-refractivity contribution in [1.82, 2.24) is 10.6 Å². The first kappa shape index (κ1) is 20.1. The van der Waals surface area contributed by atoms with Crippen LogP contribution in [0.3, 0.4) is 0 Å². The molecule has 3 rings (SSSR count). The first-order valence-corrected chi connectivity index (χ1v) is 9.43. The van der Waals surface area contributed by atoms with Gasteiger partial charge in [-0.3, -0.25) is 9.59 Å². The Labute approximate surface area is 170 Å². The molecule has 1 atom stereocenters. The molecular weight excluding hydrogens is 364 g/mol. The lowest BCUT2D eigenvalue weighted by molar-refractivity contribution is -0.118. The number of rotatable bonds is 6. The summed E-state index contributed by atoms with van der Waals surface area (Å²) < 4.78 is 5.32. The van der Waals surface area contributed by atoms with Crippen molar-refractivity contribution < 1.29 is 14.0 Å². The van der Waals surface area contributed by atoms with Crippen LogP contribution in [0.25, 0.3) is 6.08 Å². The fourth-order valence-electron chi connectivity index (χ4n) is 2.87. The van der Waals surface area contributed by atoms with Crippen molar-refractivity contribution in [1.29, 1.82) is 0 Å². The molecule has 0 bridgehead atoms. The van der Waals surface area contributed by atoms with Crippen LogP contribution in [0.1, 0.15) is 45.8 Å². The molecule has 5 heteroatoms. The molecule has 0 saturated carbocycles. The highest BCUT2D eigenvalue weighted by Gasteiger charge is 2.18. The van der Waals surface area contributed by atoms with Crippen LogP contribution in [-0.4, -0.2) is 11.8 Å². The van der Waals surface area contributed by atoms with Crippen LogP contribution in [-0.2, 0) is 4.79 Å². The zero-order chi connectivity index (χ0) is 20.8. The maximum absolute atomic E-state index is 12.9. The second-order valence-electron chi connectivity index (χ2n) is 7.00. The van der Waals surface area contributed by atoms with E-state index in [1.165, 1.54) is 12.3 Å². The second-order valence-corrected chi connectivity index (χ2v) is 7.00. The van der Waals surface area contributed by atoms with Crippen LogP contribution in [0.2, 0.25) is 0 Å². The highest BCUT2D eigenvalue weighted by Crippen LogP contribution is 2.15. The third kappa shape index (κ3) is 5.45. The summed E-state index contributed by atoms with van der Waals surface area (Å²) in [6.07, 6.45) is 3.03. The van der Waals surface area contributed by atoms with Crippen LogP contribution < -0.4 is 10.6 Å². The summed E-state index contributed by atoms with van der Waals surface area (Å²) in [5, 5.41) is 5.65. The zero-order valence-corrected chi connectivity index (χ0v) is 16.7. The smallest absolute Gasteiger partial charge is 0.268 e. The Bertz CT molecular complexity index is 1020. The lowest BCUT2D eigenvalue weighted by atomic mass is 10.1. The lowest BCUT2D eigenvalue weighted by Crippen LogP contribution is -2.36. The van der Waals surface area contributed by atoms with Crippen molar-refractivity contribution in [2.24, 2.45) is 0 Å². The third-order valence-electron chi connectivity index (χ3n) is 4.53. The summed E-state index contributed by atoms with van der Waals surface area (Å²) in [4.78, 5) is 25.6. The van der Waals surface area contributed by atoms with Crippen molar-refractivity contribution >= 4 is 17.9 Å². The second kappa shape index (κ2) is 9.06. The average molecular weight is 388 g/mol. The topological polar surface area (TPSA) is 71.3 Å². The molecule has 2 amide bonds. The molecule has 0 radical (unpaired) electrons. The van der Waals surface area contributed by atoms with Gasteiger partial charge in [0, 0.05) is 11.6 Å². The Morgan fingerprint density at radius 2 is 1.72 bits per heavy atom. The minimum atomic E-state index is -0.393. The summed E-state index contributed by atoms with van der Waals surface area (Å²) in [6, 6.07) is 18.4. The molecule has 0 spiro atoms. The van der Waals surface area contributed by atoms with Crippen molar-refractivity contribution in [3.63, 3.8) is 0 Å². The Morgan fingerprint density at radius 1 is 0.966 bits per heavy atom. The molecule has 2 N–H and O–H groups in total. The van der Waals surface area contributed by atoms with Gasteiger partial charge in [-0.2, -0.15) is 0 Å². The van der Waals surface area contributed by atoms with Gasteiger partial charge in [-0.25, -0.2) is 0 Å². The van der Waals surface area contributed by atoms with Crippen LogP contribution >= 0.6 is 0 Å². The lowest BCUT2D eigenvalue weighted by Gasteiger charge is -2.17. The summed E-state index contributed by atoms with van der Waals surface area (Å²) in [5.74, 6) is -0.275. The van der Waals surface area contributed by atoms with E-state index in [-0.39, 0.29) is 17.6 Å². The standard InChI is InChI=1S/C24H24N2O3/c1-16-9-11-19(12-10-16)18(3)25-24(28)22(15-21-8-5-13-29-21)26-23(27)20-7-4-6-17(2)14-20/h4-15,18H,1-3H3,(H,25,28)(H,26,27)/b22-15-/t18-/m0/s1. The number of carbonyl (C=O) groups is 2. The molecule has 0 aliphatic heterocycles. The number of carbonyl (C=O) groups excluding carboxylic acids is 2. The molecule has 0 aliphatic rings. The van der Waals surface area contributed by atoms with Gasteiger partial charge in [0.05, 0.1) is 12.3 Å². The van der Waals surface area contributed by atoms with E-state index in [0.717, 1.165) is 16.7 Å². The van der Waals surface area contributed by atoms with E-state index < -0.39 is 5.91 Å². The third-order valence-corrected chi connectivity index (χ3v) is 4.53. The fraction of sp³-hybridized carbons (Fsp3) is 0.167. The number of furan rings is 1. The van der Waals surface area contributed by atoms with Crippen LogP contribution in [0, 0.1) is 13.8 Å². The molecule has 29 heavy (non-hydrogen) atoms. The number of hydrogen-bond acceptors (Lipinski definition) is 3. The van der Waals surface area contributed by atoms with Gasteiger partial charge in [-0.15, -0.1) is 0 Å². The van der Waals surface area contributed by atoms with Crippen LogP contribution in [0.4, 0.5) is 0 Å². The molecular formula is C24H24N2O3. The van der Waals surface area contributed by atoms with E-state index >= 15 is 0 Å². The first-order valence-electron chi connectivity index (χ1n) is 9.43. The van der Waals surface area contributed by atoms with Crippen molar-refractivity contribution in [2.75, 3.05) is 0 Å². The molecule has 0 fully saturated rings. The number of nitrogens with one attached hydrogen (secondary N) is 2. The van der Waals surface area contributed by atoms with Gasteiger partial charge in [0.15, 0.2) is 0 Å². The predicted octanol–water partition coefficient (Wildman–Crippen LogP) is 4.54. The quantitative estimate of drug-likeness (QED) is 0.609. The summed E-state index contributed by atoms with van der Waals surface area (Å²) in [5.41, 5.74) is 3.69. The minimum absolute atomic E-state index is 0.116. The van der Waals surface area contributed by atoms with Crippen molar-refractivity contribution in [3.05, 3.63) is 101 Å². The number of hydrogen-bond donors (Lipinski definition) is 2. The maximum atomic E-state index is 12.9. The molecule has 0 saturated heterocycles. The first-order chi connectivity index (χ1) is 13.9. The molecule has 0 unspecified atom stereocenters. The van der Waals surface area contributed by atoms with E-state index in [2.05, 4.69) is 10.6 Å². The van der Waals surface area contributed by atoms with Gasteiger partial charge >= 0.3 is 0 Å². The summed E-state index contributed by atoms with van der Waals surface area (Å²) >= 11 is 0. The highest BCUT2D eigenvalue weighted by molar-refractivity contribution is 6.05. The van der Waals surface area contributed by atoms with Crippen LogP contribution in [0.15, 0.2) is 77.0 Å². The SMILES string of the molecule is Cc1ccc([C@H](C)NC(=O)/C(=C/c2ccco2)NC(=O)c2cccc(C)c2)cc1. The summed E-state index contributed by atoms with van der Waals surface area (Å²) in [6.45, 7) is 5.82. The number of benzene rings is 2. The van der Waals surface area contributed by atoms with E-state index in [1.807, 2.05) is 51.1 Å². The molecule has 5 nitrogen and oxygen atoms in total. The number of aryl methyl sites for hydroxylation is 2. The molecule has 1 aromatic heterocycles. The van der Waals surface area contributed by atoms with E-state index in [0.29, 0.717) is 11.3 Å². The molecule has 2 aromatic carbocycles. The summed E-state index contributed by atoms with van der Waals surface area (Å²) in [7, 11) is 0. The molecule has 0 aliphatic carbocycles. The zero-order valence-electron chi connectivity index (χ0n) is 16.7. The highest BCUT2D eigenvalue weighted by atomic mass is 16.3. The molecule has 148 valence electrons. The maximum Gasteiger partial charge on any atom is 0.268 e. The molecule has 1 heterocycles. The van der Waals surface area contributed by atoms with Crippen LogP contribution in [0.5, 0.6) is 0 Å². The number of amides is 2. The Morgan fingerprint density at radius 3 is 2.38 bits per heavy atom. The van der Waals surface area contributed by atoms with Gasteiger partial charge in [-0.1, -0.05) is 47.5 Å². The van der Waals surface area contributed by atoms with Gasteiger partial charge < -0.3 is 15.1 Å². The Balaban J connectivity index is 1.80. The van der Waals surface area contributed by atoms with Gasteiger partial charge in [0.25, 0.3) is 11.8 Å². The fourth-order valence-corrected chi connectivity index (χ4v) is 2.87. The average Bonchev–Trinajstić information content (AvgIpc) is 3.21. The van der Waals surface area contributed by atoms with Gasteiger partial charge in [-0.05, 0) is 50.6 Å². The Hall–Kier alpha value is -3.60. The largest absolute Gasteiger partial charge is 0.465 e. The molecule has 3 aromatic rings. The van der Waals surface area contributed by atoms with E-state index in [1.54, 1.807) is 30.3 Å². The van der Waals surface area contributed by atoms with Crippen molar-refractivity contribution in [3.8, 4) is 0 Å². The van der Waals surface area contributed by atoms with Crippen molar-refractivity contribution in [2.45, 2.75) is 26.8 Å². The predicted molar refractivity (Wildman–Crippen MR) is 113 cm³/mol. The normalized spacial score (nSPS) is 12.3. The monoisotopic (exact) mass is 388 g/mol. The van der Waals surface area contributed by atoms with E-state index in [4.69, 9.17) is 4.42 Å². The van der Waals surface area contributed by atoms with Gasteiger partial charge in [0.2, 0.25) is 0 Å². The minimum Gasteiger partial charge on any atom is -0.465 e. The Kier molecular flexibility index (Phi) is 6.29. The van der Waals surface area contributed by atoms with E-state index in [9.17, 15) is 9.59 Å².